The number of carbonyl (C=O) groups is 1. The minimum Gasteiger partial charge on any atom is -0.293 e. The second-order valence-electron chi connectivity index (χ2n) is 4.67. The van der Waals surface area contributed by atoms with E-state index in [-0.39, 0.29) is 13.3 Å². The standard InChI is InChI=1S/C14H17OPS/c1-10-9-14(3,17-11(10)2)13(15)16-12-7-5-4-6-8-12/h4-8,16H,9H2,1-3H3. The van der Waals surface area contributed by atoms with Crippen LogP contribution in [0.25, 0.3) is 0 Å². The Labute approximate surface area is 109 Å². The molecule has 1 aromatic carbocycles. The molecule has 0 aromatic heterocycles. The summed E-state index contributed by atoms with van der Waals surface area (Å²) in [5.41, 5.74) is 1.73. The highest BCUT2D eigenvalue weighted by atomic mass is 32.2. The number of hydrogen-bond acceptors (Lipinski definition) is 2. The van der Waals surface area contributed by atoms with Crippen LogP contribution in [0, 0.1) is 0 Å². The third-order valence-electron chi connectivity index (χ3n) is 3.09. The van der Waals surface area contributed by atoms with E-state index >= 15 is 0 Å². The lowest BCUT2D eigenvalue weighted by molar-refractivity contribution is -0.112. The van der Waals surface area contributed by atoms with Gasteiger partial charge in [0.2, 0.25) is 0 Å². The maximum atomic E-state index is 12.4. The lowest BCUT2D eigenvalue weighted by atomic mass is 10.0. The molecule has 0 saturated carbocycles. The molecular formula is C14H17OPS. The van der Waals surface area contributed by atoms with E-state index in [1.165, 1.54) is 10.5 Å². The van der Waals surface area contributed by atoms with Crippen molar-refractivity contribution in [1.29, 1.82) is 0 Å². The zero-order valence-electron chi connectivity index (χ0n) is 10.4. The molecule has 0 aliphatic carbocycles. The number of hydrogen-bond donors (Lipinski definition) is 0. The molecule has 0 spiro atoms. The van der Waals surface area contributed by atoms with Crippen molar-refractivity contribution in [3.63, 3.8) is 0 Å². The molecule has 2 rings (SSSR count). The fourth-order valence-electron chi connectivity index (χ4n) is 2.00. The lowest BCUT2D eigenvalue weighted by Crippen LogP contribution is -2.27. The highest BCUT2D eigenvalue weighted by molar-refractivity contribution is 8.06. The van der Waals surface area contributed by atoms with Crippen molar-refractivity contribution in [2.24, 2.45) is 0 Å². The molecule has 3 heteroatoms. The molecule has 2 unspecified atom stereocenters. The summed E-state index contributed by atoms with van der Waals surface area (Å²) in [7, 11) is 0.276. The first-order chi connectivity index (χ1) is 8.01. The monoisotopic (exact) mass is 264 g/mol. The van der Waals surface area contributed by atoms with Crippen LogP contribution in [0.1, 0.15) is 27.2 Å². The zero-order valence-corrected chi connectivity index (χ0v) is 12.2. The van der Waals surface area contributed by atoms with Gasteiger partial charge in [0, 0.05) is 0 Å². The Balaban J connectivity index is 2.08. The van der Waals surface area contributed by atoms with Gasteiger partial charge in [0.05, 0.1) is 4.75 Å². The topological polar surface area (TPSA) is 17.1 Å². The Hall–Kier alpha value is -0.590. The molecule has 1 aromatic rings. The van der Waals surface area contributed by atoms with Gasteiger partial charge >= 0.3 is 0 Å². The van der Waals surface area contributed by atoms with E-state index in [1.807, 2.05) is 30.3 Å². The smallest absolute Gasteiger partial charge is 0.172 e. The molecule has 0 fully saturated rings. The van der Waals surface area contributed by atoms with Crippen LogP contribution in [-0.4, -0.2) is 10.3 Å². The molecule has 0 radical (unpaired) electrons. The summed E-state index contributed by atoms with van der Waals surface area (Å²) in [6.07, 6.45) is 0.905. The normalized spacial score (nSPS) is 24.9. The number of rotatable bonds is 3. The molecular weight excluding hydrogens is 247 g/mol. The predicted molar refractivity (Wildman–Crippen MR) is 78.4 cm³/mol. The SMILES string of the molecule is CC1=C(C)SC(C)(C(=O)Pc2ccccc2)C1. The molecule has 1 nitrogen and oxygen atoms in total. The molecule has 1 aliphatic heterocycles. The van der Waals surface area contributed by atoms with Gasteiger partial charge in [-0.1, -0.05) is 35.9 Å². The van der Waals surface area contributed by atoms with Crippen molar-refractivity contribution in [3.8, 4) is 0 Å². The molecule has 0 amide bonds. The average molecular weight is 264 g/mol. The van der Waals surface area contributed by atoms with Crippen LogP contribution in [0.15, 0.2) is 40.8 Å². The fourth-order valence-corrected chi connectivity index (χ4v) is 4.59. The summed E-state index contributed by atoms with van der Waals surface area (Å²) in [6, 6.07) is 10.0. The van der Waals surface area contributed by atoms with Crippen LogP contribution >= 0.6 is 20.3 Å². The van der Waals surface area contributed by atoms with Crippen LogP contribution in [0.3, 0.4) is 0 Å². The lowest BCUT2D eigenvalue weighted by Gasteiger charge is -2.21. The Kier molecular flexibility index (Phi) is 3.75. The van der Waals surface area contributed by atoms with E-state index in [1.54, 1.807) is 11.8 Å². The van der Waals surface area contributed by atoms with Gasteiger partial charge in [-0.2, -0.15) is 0 Å². The maximum absolute atomic E-state index is 12.4. The molecule has 0 bridgehead atoms. The van der Waals surface area contributed by atoms with Gasteiger partial charge in [0.1, 0.15) is 0 Å². The van der Waals surface area contributed by atoms with E-state index in [0.717, 1.165) is 11.7 Å². The molecule has 1 heterocycles. The summed E-state index contributed by atoms with van der Waals surface area (Å²) < 4.78 is -0.234. The Bertz CT molecular complexity index is 450. The summed E-state index contributed by atoms with van der Waals surface area (Å²) in [5.74, 6) is 0. The second kappa shape index (κ2) is 4.96. The van der Waals surface area contributed by atoms with Crippen molar-refractivity contribution in [2.75, 3.05) is 0 Å². The van der Waals surface area contributed by atoms with Gasteiger partial charge in [0.25, 0.3) is 0 Å². The maximum Gasteiger partial charge on any atom is 0.172 e. The van der Waals surface area contributed by atoms with Gasteiger partial charge in [-0.05, 0) is 46.0 Å². The molecule has 1 aliphatic rings. The first-order valence-corrected chi connectivity index (χ1v) is 7.55. The first-order valence-electron chi connectivity index (χ1n) is 5.73. The second-order valence-corrected chi connectivity index (χ2v) is 7.67. The van der Waals surface area contributed by atoms with Crippen LogP contribution in [0.4, 0.5) is 0 Å². The summed E-state index contributed by atoms with van der Waals surface area (Å²) >= 11 is 1.74. The molecule has 0 N–H and O–H groups in total. The van der Waals surface area contributed by atoms with Crippen LogP contribution in [0.2, 0.25) is 0 Å². The predicted octanol–water partition coefficient (Wildman–Crippen LogP) is 3.71. The Morgan fingerprint density at radius 1 is 1.29 bits per heavy atom. The zero-order chi connectivity index (χ0) is 12.5. The molecule has 90 valence electrons. The average Bonchev–Trinajstić information content (AvgIpc) is 2.55. The van der Waals surface area contributed by atoms with Crippen LogP contribution < -0.4 is 5.30 Å². The summed E-state index contributed by atoms with van der Waals surface area (Å²) in [5, 5.41) is 1.14. The van der Waals surface area contributed by atoms with E-state index in [4.69, 9.17) is 0 Å². The molecule has 2 atom stereocenters. The van der Waals surface area contributed by atoms with Crippen molar-refractivity contribution >= 4 is 31.2 Å². The van der Waals surface area contributed by atoms with Crippen molar-refractivity contribution < 1.29 is 4.79 Å². The van der Waals surface area contributed by atoms with Gasteiger partial charge in [-0.25, -0.2) is 0 Å². The minimum atomic E-state index is -0.234. The quantitative estimate of drug-likeness (QED) is 0.774. The van der Waals surface area contributed by atoms with Gasteiger partial charge in [-0.3, -0.25) is 4.79 Å². The molecule has 17 heavy (non-hydrogen) atoms. The highest BCUT2D eigenvalue weighted by Gasteiger charge is 2.38. The largest absolute Gasteiger partial charge is 0.293 e. The van der Waals surface area contributed by atoms with E-state index in [9.17, 15) is 4.79 Å². The number of allylic oxidation sites excluding steroid dienone is 2. The minimum absolute atomic E-state index is 0.234. The van der Waals surface area contributed by atoms with Crippen molar-refractivity contribution in [1.82, 2.24) is 0 Å². The third kappa shape index (κ3) is 2.81. The first kappa shape index (κ1) is 12.9. The Morgan fingerprint density at radius 2 is 1.94 bits per heavy atom. The van der Waals surface area contributed by atoms with Gasteiger partial charge in [0.15, 0.2) is 5.52 Å². The third-order valence-corrected chi connectivity index (χ3v) is 6.11. The highest BCUT2D eigenvalue weighted by Crippen LogP contribution is 2.48. The summed E-state index contributed by atoms with van der Waals surface area (Å²) in [4.78, 5) is 13.7. The Morgan fingerprint density at radius 3 is 2.47 bits per heavy atom. The van der Waals surface area contributed by atoms with Crippen molar-refractivity contribution in [2.45, 2.75) is 31.9 Å². The van der Waals surface area contributed by atoms with Crippen LogP contribution in [-0.2, 0) is 4.79 Å². The molecule has 0 saturated heterocycles. The fraction of sp³-hybridized carbons (Fsp3) is 0.357. The number of carbonyl (C=O) groups excluding carboxylic acids is 1. The number of benzene rings is 1. The van der Waals surface area contributed by atoms with Crippen molar-refractivity contribution in [3.05, 3.63) is 40.8 Å². The number of thioether (sulfide) groups is 1. The van der Waals surface area contributed by atoms with Gasteiger partial charge < -0.3 is 0 Å². The van der Waals surface area contributed by atoms with Crippen LogP contribution in [0.5, 0.6) is 0 Å². The van der Waals surface area contributed by atoms with Gasteiger partial charge in [-0.15, -0.1) is 11.8 Å². The van der Waals surface area contributed by atoms with E-state index in [2.05, 4.69) is 20.8 Å². The van der Waals surface area contributed by atoms with E-state index in [0.29, 0.717) is 5.52 Å². The van der Waals surface area contributed by atoms with E-state index < -0.39 is 0 Å². The summed E-state index contributed by atoms with van der Waals surface area (Å²) in [6.45, 7) is 6.33.